The average Bonchev–Trinajstić information content (AvgIpc) is 3.12. The van der Waals surface area contributed by atoms with Crippen molar-refractivity contribution in [3.05, 3.63) is 65.2 Å². The summed E-state index contributed by atoms with van der Waals surface area (Å²) in [5.41, 5.74) is 1.16. The molecule has 2 aliphatic rings. The lowest BCUT2D eigenvalue weighted by atomic mass is 9.95. The SMILES string of the molecule is COc1cccc(C(O)=C2C(=O)C(=O)N(CCN3CCOCC3)C2c2cccc(OC)c2)c1. The first-order valence-corrected chi connectivity index (χ1v) is 10.9. The molecule has 0 saturated carbocycles. The van der Waals surface area contributed by atoms with E-state index in [1.807, 2.05) is 12.1 Å². The fourth-order valence-corrected chi connectivity index (χ4v) is 4.27. The van der Waals surface area contributed by atoms with E-state index in [1.54, 1.807) is 43.5 Å². The van der Waals surface area contributed by atoms with Crippen molar-refractivity contribution in [3.63, 3.8) is 0 Å². The summed E-state index contributed by atoms with van der Waals surface area (Å²) in [5, 5.41) is 11.2. The number of carbonyl (C=O) groups excluding carboxylic acids is 2. The second kappa shape index (κ2) is 10.1. The van der Waals surface area contributed by atoms with Gasteiger partial charge in [0.2, 0.25) is 0 Å². The third kappa shape index (κ3) is 4.72. The normalized spacial score (nSPS) is 20.8. The van der Waals surface area contributed by atoms with E-state index in [4.69, 9.17) is 14.2 Å². The smallest absolute Gasteiger partial charge is 0.295 e. The number of methoxy groups -OCH3 is 2. The maximum absolute atomic E-state index is 13.2. The fraction of sp³-hybridized carbons (Fsp3) is 0.360. The van der Waals surface area contributed by atoms with Crippen LogP contribution in [-0.2, 0) is 14.3 Å². The molecule has 2 aromatic carbocycles. The molecule has 0 radical (unpaired) electrons. The molecule has 4 rings (SSSR count). The van der Waals surface area contributed by atoms with Gasteiger partial charge in [-0.2, -0.15) is 0 Å². The van der Waals surface area contributed by atoms with Crippen molar-refractivity contribution in [3.8, 4) is 11.5 Å². The van der Waals surface area contributed by atoms with Crippen LogP contribution in [0.4, 0.5) is 0 Å². The summed E-state index contributed by atoms with van der Waals surface area (Å²) in [6, 6.07) is 13.3. The number of benzene rings is 2. The number of morpholine rings is 1. The lowest BCUT2D eigenvalue weighted by molar-refractivity contribution is -0.140. The number of aliphatic hydroxyl groups is 1. The Morgan fingerprint density at radius 2 is 1.67 bits per heavy atom. The van der Waals surface area contributed by atoms with Crippen LogP contribution >= 0.6 is 0 Å². The van der Waals surface area contributed by atoms with Crippen LogP contribution in [0.1, 0.15) is 17.2 Å². The van der Waals surface area contributed by atoms with Crippen molar-refractivity contribution < 1.29 is 28.9 Å². The number of aliphatic hydroxyl groups excluding tert-OH is 1. The molecule has 1 amide bonds. The summed E-state index contributed by atoms with van der Waals surface area (Å²) in [4.78, 5) is 30.0. The predicted molar refractivity (Wildman–Crippen MR) is 122 cm³/mol. The zero-order valence-corrected chi connectivity index (χ0v) is 18.8. The van der Waals surface area contributed by atoms with Crippen LogP contribution in [0.25, 0.3) is 5.76 Å². The van der Waals surface area contributed by atoms with Gasteiger partial charge < -0.3 is 24.2 Å². The third-order valence-corrected chi connectivity index (χ3v) is 6.05. The van der Waals surface area contributed by atoms with Crippen molar-refractivity contribution in [1.29, 1.82) is 0 Å². The van der Waals surface area contributed by atoms with E-state index in [-0.39, 0.29) is 11.3 Å². The largest absolute Gasteiger partial charge is 0.507 e. The molecule has 2 saturated heterocycles. The maximum Gasteiger partial charge on any atom is 0.295 e. The molecule has 2 aliphatic heterocycles. The molecule has 0 spiro atoms. The highest BCUT2D eigenvalue weighted by molar-refractivity contribution is 6.46. The summed E-state index contributed by atoms with van der Waals surface area (Å²) < 4.78 is 16.0. The lowest BCUT2D eigenvalue weighted by Gasteiger charge is -2.31. The second-order valence-electron chi connectivity index (χ2n) is 7.96. The van der Waals surface area contributed by atoms with E-state index in [0.29, 0.717) is 48.9 Å². The number of carbonyl (C=O) groups is 2. The number of hydrogen-bond acceptors (Lipinski definition) is 7. The van der Waals surface area contributed by atoms with Gasteiger partial charge in [0.25, 0.3) is 11.7 Å². The molecule has 33 heavy (non-hydrogen) atoms. The zero-order chi connectivity index (χ0) is 23.4. The molecule has 0 aliphatic carbocycles. The number of Topliss-reactive ketones (excluding diaryl/α,β-unsaturated/α-hetero) is 1. The highest BCUT2D eigenvalue weighted by atomic mass is 16.5. The minimum absolute atomic E-state index is 0.0588. The van der Waals surface area contributed by atoms with Crippen LogP contribution in [0, 0.1) is 0 Å². The van der Waals surface area contributed by atoms with Crippen LogP contribution in [0.3, 0.4) is 0 Å². The third-order valence-electron chi connectivity index (χ3n) is 6.05. The topological polar surface area (TPSA) is 88.5 Å². The van der Waals surface area contributed by atoms with E-state index in [9.17, 15) is 14.7 Å². The Hall–Kier alpha value is -3.36. The van der Waals surface area contributed by atoms with Crippen molar-refractivity contribution in [2.24, 2.45) is 0 Å². The summed E-state index contributed by atoms with van der Waals surface area (Å²) in [6.07, 6.45) is 0. The van der Waals surface area contributed by atoms with Crippen molar-refractivity contribution >= 4 is 17.4 Å². The molecular formula is C25H28N2O6. The number of amides is 1. The van der Waals surface area contributed by atoms with Gasteiger partial charge in [-0.15, -0.1) is 0 Å². The van der Waals surface area contributed by atoms with Gasteiger partial charge in [0.15, 0.2) is 0 Å². The number of nitrogens with zero attached hydrogens (tertiary/aromatic N) is 2. The number of ether oxygens (including phenoxy) is 3. The first kappa shape index (κ1) is 22.8. The summed E-state index contributed by atoms with van der Waals surface area (Å²) in [7, 11) is 3.09. The average molecular weight is 453 g/mol. The Balaban J connectivity index is 1.76. The Morgan fingerprint density at radius 3 is 2.36 bits per heavy atom. The minimum atomic E-state index is -0.729. The first-order valence-electron chi connectivity index (χ1n) is 10.9. The van der Waals surface area contributed by atoms with Crippen LogP contribution in [0.2, 0.25) is 0 Å². The van der Waals surface area contributed by atoms with Crippen LogP contribution in [0.15, 0.2) is 54.1 Å². The molecule has 2 heterocycles. The van der Waals surface area contributed by atoms with Gasteiger partial charge in [0.05, 0.1) is 39.0 Å². The molecular weight excluding hydrogens is 424 g/mol. The van der Waals surface area contributed by atoms with Crippen molar-refractivity contribution in [1.82, 2.24) is 9.80 Å². The van der Waals surface area contributed by atoms with E-state index >= 15 is 0 Å². The van der Waals surface area contributed by atoms with Gasteiger partial charge in [-0.1, -0.05) is 24.3 Å². The van der Waals surface area contributed by atoms with Crippen LogP contribution in [-0.4, -0.2) is 80.2 Å². The summed E-state index contributed by atoms with van der Waals surface area (Å²) >= 11 is 0. The highest BCUT2D eigenvalue weighted by Gasteiger charge is 2.46. The maximum atomic E-state index is 13.2. The quantitative estimate of drug-likeness (QED) is 0.392. The summed E-state index contributed by atoms with van der Waals surface area (Å²) in [6.45, 7) is 3.80. The molecule has 0 bridgehead atoms. The van der Waals surface area contributed by atoms with Crippen molar-refractivity contribution in [2.45, 2.75) is 6.04 Å². The van der Waals surface area contributed by atoms with Gasteiger partial charge in [-0.3, -0.25) is 14.5 Å². The van der Waals surface area contributed by atoms with Gasteiger partial charge in [0.1, 0.15) is 17.3 Å². The molecule has 1 atom stereocenters. The molecule has 1 unspecified atom stereocenters. The zero-order valence-electron chi connectivity index (χ0n) is 18.8. The van der Waals surface area contributed by atoms with Crippen LogP contribution < -0.4 is 9.47 Å². The minimum Gasteiger partial charge on any atom is -0.507 e. The monoisotopic (exact) mass is 452 g/mol. The standard InChI is InChI=1S/C25H28N2O6/c1-31-19-7-3-5-17(15-19)22-21(23(28)18-6-4-8-20(16-18)32-2)24(29)25(30)27(22)10-9-26-11-13-33-14-12-26/h3-8,15-16,22,28H,9-14H2,1-2H3. The number of ketones is 1. The Kier molecular flexibility index (Phi) is 6.96. The van der Waals surface area contributed by atoms with E-state index in [1.165, 1.54) is 12.0 Å². The Bertz CT molecular complexity index is 1060. The molecule has 8 nitrogen and oxygen atoms in total. The van der Waals surface area contributed by atoms with Crippen LogP contribution in [0.5, 0.6) is 11.5 Å². The van der Waals surface area contributed by atoms with Gasteiger partial charge in [0, 0.05) is 31.7 Å². The highest BCUT2D eigenvalue weighted by Crippen LogP contribution is 2.40. The molecule has 2 fully saturated rings. The molecule has 2 aromatic rings. The van der Waals surface area contributed by atoms with Gasteiger partial charge in [-0.05, 0) is 29.8 Å². The molecule has 174 valence electrons. The Morgan fingerprint density at radius 1 is 1.00 bits per heavy atom. The summed E-state index contributed by atoms with van der Waals surface area (Å²) in [5.74, 6) is -0.411. The van der Waals surface area contributed by atoms with E-state index in [2.05, 4.69) is 4.90 Å². The first-order chi connectivity index (χ1) is 16.0. The lowest BCUT2D eigenvalue weighted by Crippen LogP contribution is -2.42. The Labute approximate surface area is 193 Å². The van der Waals surface area contributed by atoms with E-state index < -0.39 is 17.7 Å². The second-order valence-corrected chi connectivity index (χ2v) is 7.96. The fourth-order valence-electron chi connectivity index (χ4n) is 4.27. The van der Waals surface area contributed by atoms with Crippen molar-refractivity contribution in [2.75, 3.05) is 53.6 Å². The number of rotatable bonds is 7. The van der Waals surface area contributed by atoms with E-state index in [0.717, 1.165) is 13.1 Å². The number of likely N-dealkylation sites (tertiary alicyclic amines) is 1. The predicted octanol–water partition coefficient (Wildman–Crippen LogP) is 2.46. The van der Waals surface area contributed by atoms with Gasteiger partial charge >= 0.3 is 0 Å². The van der Waals surface area contributed by atoms with Gasteiger partial charge in [-0.25, -0.2) is 0 Å². The number of hydrogen-bond donors (Lipinski definition) is 1. The molecule has 0 aromatic heterocycles. The molecule has 1 N–H and O–H groups in total. The molecule has 8 heteroatoms.